The molecule has 0 amide bonds. The molecule has 0 aliphatic rings. The van der Waals surface area contributed by atoms with Crippen LogP contribution in [0, 0.1) is 18.3 Å². The molecule has 2 rings (SSSR count). The van der Waals surface area contributed by atoms with Crippen molar-refractivity contribution in [3.8, 4) is 6.07 Å². The summed E-state index contributed by atoms with van der Waals surface area (Å²) in [6, 6.07) is 11.9. The summed E-state index contributed by atoms with van der Waals surface area (Å²) in [7, 11) is 0. The van der Waals surface area contributed by atoms with Gasteiger partial charge in [0.1, 0.15) is 0 Å². The molecule has 86 valence electrons. The van der Waals surface area contributed by atoms with Gasteiger partial charge in [0.15, 0.2) is 6.04 Å². The predicted molar refractivity (Wildman–Crippen MR) is 75.2 cm³/mol. The number of anilines is 1. The third-order valence-corrected chi connectivity index (χ3v) is 4.42. The molecule has 2 aromatic rings. The van der Waals surface area contributed by atoms with Crippen LogP contribution in [0.2, 0.25) is 0 Å². The second-order valence-electron chi connectivity index (χ2n) is 3.65. The first-order valence-corrected chi connectivity index (χ1v) is 6.84. The van der Waals surface area contributed by atoms with Gasteiger partial charge in [-0.2, -0.15) is 5.26 Å². The lowest BCUT2D eigenvalue weighted by atomic mass is 10.1. The number of benzene rings is 1. The Balaban J connectivity index is 2.26. The van der Waals surface area contributed by atoms with Gasteiger partial charge in [-0.05, 0) is 45.9 Å². The van der Waals surface area contributed by atoms with Crippen molar-refractivity contribution in [1.29, 1.82) is 5.26 Å². The van der Waals surface area contributed by atoms with Crippen molar-refractivity contribution in [1.82, 2.24) is 0 Å². The summed E-state index contributed by atoms with van der Waals surface area (Å²) in [6.07, 6.45) is 0. The monoisotopic (exact) mass is 306 g/mol. The van der Waals surface area contributed by atoms with Gasteiger partial charge in [0, 0.05) is 10.2 Å². The van der Waals surface area contributed by atoms with Crippen LogP contribution in [0.15, 0.2) is 40.2 Å². The second-order valence-corrected chi connectivity index (χ2v) is 5.46. The Labute approximate surface area is 113 Å². The molecule has 1 aromatic carbocycles. The van der Waals surface area contributed by atoms with Gasteiger partial charge in [-0.1, -0.05) is 18.2 Å². The lowest BCUT2D eigenvalue weighted by molar-refractivity contribution is 1.02. The molecule has 17 heavy (non-hydrogen) atoms. The number of nitrogens with one attached hydrogen (secondary N) is 1. The molecule has 1 atom stereocenters. The van der Waals surface area contributed by atoms with Crippen LogP contribution in [0.4, 0.5) is 5.69 Å². The van der Waals surface area contributed by atoms with Crippen molar-refractivity contribution >= 4 is 33.0 Å². The van der Waals surface area contributed by atoms with Gasteiger partial charge in [-0.3, -0.25) is 0 Å². The van der Waals surface area contributed by atoms with Crippen molar-refractivity contribution in [2.24, 2.45) is 0 Å². The van der Waals surface area contributed by atoms with E-state index in [0.29, 0.717) is 0 Å². The average Bonchev–Trinajstić information content (AvgIpc) is 2.75. The minimum atomic E-state index is -0.314. The van der Waals surface area contributed by atoms with Gasteiger partial charge in [-0.15, -0.1) is 11.3 Å². The smallest absolute Gasteiger partial charge is 0.150 e. The molecule has 1 N–H and O–H groups in total. The van der Waals surface area contributed by atoms with Crippen LogP contribution < -0.4 is 5.32 Å². The summed E-state index contributed by atoms with van der Waals surface area (Å²) in [5.41, 5.74) is 2.14. The Kier molecular flexibility index (Phi) is 3.82. The third-order valence-electron chi connectivity index (χ3n) is 2.48. The quantitative estimate of drug-likeness (QED) is 0.906. The fourth-order valence-corrected chi connectivity index (χ4v) is 3.15. The van der Waals surface area contributed by atoms with E-state index in [4.69, 9.17) is 0 Å². The summed E-state index contributed by atoms with van der Waals surface area (Å²) in [5, 5.41) is 14.5. The summed E-state index contributed by atoms with van der Waals surface area (Å²) >= 11 is 5.03. The van der Waals surface area contributed by atoms with Gasteiger partial charge in [0.05, 0.1) is 10.9 Å². The van der Waals surface area contributed by atoms with Gasteiger partial charge in [0.2, 0.25) is 0 Å². The second kappa shape index (κ2) is 5.35. The molecule has 0 saturated carbocycles. The van der Waals surface area contributed by atoms with Crippen molar-refractivity contribution in [3.05, 3.63) is 50.6 Å². The highest BCUT2D eigenvalue weighted by Gasteiger charge is 2.15. The molecule has 0 bridgehead atoms. The Morgan fingerprint density at radius 1 is 1.35 bits per heavy atom. The number of thiophene rings is 1. The van der Waals surface area contributed by atoms with Crippen molar-refractivity contribution in [2.45, 2.75) is 13.0 Å². The minimum absolute atomic E-state index is 0.314. The number of rotatable bonds is 3. The number of nitriles is 1. The molecule has 4 heteroatoms. The predicted octanol–water partition coefficient (Wildman–Crippen LogP) is 4.50. The zero-order valence-electron chi connectivity index (χ0n) is 9.27. The summed E-state index contributed by atoms with van der Waals surface area (Å²) in [5.74, 6) is 0. The van der Waals surface area contributed by atoms with Gasteiger partial charge < -0.3 is 5.32 Å². The molecule has 0 fully saturated rings. The number of hydrogen-bond donors (Lipinski definition) is 1. The Morgan fingerprint density at radius 2 is 2.12 bits per heavy atom. The Hall–Kier alpha value is -1.31. The van der Waals surface area contributed by atoms with Crippen LogP contribution in [0.25, 0.3) is 0 Å². The topological polar surface area (TPSA) is 35.8 Å². The molecule has 1 heterocycles. The van der Waals surface area contributed by atoms with Crippen LogP contribution in [0.5, 0.6) is 0 Å². The van der Waals surface area contributed by atoms with Crippen LogP contribution in [0.1, 0.15) is 16.5 Å². The largest absolute Gasteiger partial charge is 0.365 e. The maximum Gasteiger partial charge on any atom is 0.150 e. The van der Waals surface area contributed by atoms with Gasteiger partial charge in [-0.25, -0.2) is 0 Å². The summed E-state index contributed by atoms with van der Waals surface area (Å²) < 4.78 is 0.982. The van der Waals surface area contributed by atoms with E-state index in [1.54, 1.807) is 11.3 Å². The first-order chi connectivity index (χ1) is 8.22. The number of nitrogens with zero attached hydrogens (tertiary/aromatic N) is 1. The first-order valence-electron chi connectivity index (χ1n) is 5.17. The highest BCUT2D eigenvalue weighted by atomic mass is 79.9. The molecular formula is C13H11BrN2S. The number of hydrogen-bond acceptors (Lipinski definition) is 3. The fraction of sp³-hybridized carbons (Fsp3) is 0.154. The van der Waals surface area contributed by atoms with E-state index in [9.17, 15) is 5.26 Å². The average molecular weight is 307 g/mol. The summed E-state index contributed by atoms with van der Waals surface area (Å²) in [4.78, 5) is 1.01. The van der Waals surface area contributed by atoms with E-state index >= 15 is 0 Å². The molecular weight excluding hydrogens is 296 g/mol. The highest BCUT2D eigenvalue weighted by molar-refractivity contribution is 9.10. The van der Waals surface area contributed by atoms with E-state index in [1.165, 1.54) is 0 Å². The lowest BCUT2D eigenvalue weighted by Crippen LogP contribution is -2.08. The fourth-order valence-electron chi connectivity index (χ4n) is 1.56. The van der Waals surface area contributed by atoms with Crippen LogP contribution in [0.3, 0.4) is 0 Å². The van der Waals surface area contributed by atoms with E-state index in [0.717, 1.165) is 20.6 Å². The van der Waals surface area contributed by atoms with Crippen LogP contribution in [-0.2, 0) is 0 Å². The number of halogens is 1. The first kappa shape index (κ1) is 12.2. The number of para-hydroxylation sites is 1. The third kappa shape index (κ3) is 2.68. The molecule has 0 radical (unpaired) electrons. The van der Waals surface area contributed by atoms with Crippen LogP contribution in [-0.4, -0.2) is 0 Å². The maximum absolute atomic E-state index is 9.25. The van der Waals surface area contributed by atoms with E-state index in [2.05, 4.69) is 27.3 Å². The highest BCUT2D eigenvalue weighted by Crippen LogP contribution is 2.31. The normalized spacial score (nSPS) is 11.8. The van der Waals surface area contributed by atoms with Crippen molar-refractivity contribution in [2.75, 3.05) is 5.32 Å². The molecule has 0 spiro atoms. The Morgan fingerprint density at radius 3 is 2.71 bits per heavy atom. The number of aryl methyl sites for hydroxylation is 1. The standard InChI is InChI=1S/C13H11BrN2S/c1-9-4-2-3-5-11(9)16-12(8-15)13-10(14)6-7-17-13/h2-7,12,16H,1H3. The maximum atomic E-state index is 9.25. The zero-order valence-corrected chi connectivity index (χ0v) is 11.7. The lowest BCUT2D eigenvalue weighted by Gasteiger charge is -2.14. The van der Waals surface area contributed by atoms with Gasteiger partial charge in [0.25, 0.3) is 0 Å². The zero-order chi connectivity index (χ0) is 12.3. The van der Waals surface area contributed by atoms with Crippen molar-refractivity contribution < 1.29 is 0 Å². The van der Waals surface area contributed by atoms with Crippen LogP contribution >= 0.6 is 27.3 Å². The van der Waals surface area contributed by atoms with Gasteiger partial charge >= 0.3 is 0 Å². The van der Waals surface area contributed by atoms with E-state index in [1.807, 2.05) is 42.6 Å². The SMILES string of the molecule is Cc1ccccc1NC(C#N)c1sccc1Br. The molecule has 1 unspecified atom stereocenters. The molecule has 1 aromatic heterocycles. The molecule has 0 aliphatic carbocycles. The summed E-state index contributed by atoms with van der Waals surface area (Å²) in [6.45, 7) is 2.03. The van der Waals surface area contributed by atoms with E-state index in [-0.39, 0.29) is 6.04 Å². The molecule has 2 nitrogen and oxygen atoms in total. The van der Waals surface area contributed by atoms with E-state index < -0.39 is 0 Å². The van der Waals surface area contributed by atoms with Crippen molar-refractivity contribution in [3.63, 3.8) is 0 Å². The molecule has 0 aliphatic heterocycles. The Bertz CT molecular complexity index is 557. The molecule has 0 saturated heterocycles. The minimum Gasteiger partial charge on any atom is -0.365 e.